The lowest BCUT2D eigenvalue weighted by atomic mass is 10.1. The van der Waals surface area contributed by atoms with Gasteiger partial charge in [0.15, 0.2) is 0 Å². The number of aryl methyl sites for hydroxylation is 1. The fourth-order valence-electron chi connectivity index (χ4n) is 4.32. The van der Waals surface area contributed by atoms with Crippen LogP contribution in [0.5, 0.6) is 0 Å². The molecule has 0 bridgehead atoms. The molecule has 162 valence electrons. The van der Waals surface area contributed by atoms with Crippen LogP contribution in [0.4, 0.5) is 0 Å². The first-order chi connectivity index (χ1) is 14.7. The highest BCUT2D eigenvalue weighted by Gasteiger charge is 2.25. The van der Waals surface area contributed by atoms with Crippen LogP contribution in [-0.4, -0.2) is 91.0 Å². The molecule has 2 aromatic rings. The highest BCUT2D eigenvalue weighted by molar-refractivity contribution is 7.10. The molecule has 4 rings (SSSR count). The molecule has 2 aliphatic heterocycles. The van der Waals surface area contributed by atoms with Crippen LogP contribution in [0.25, 0.3) is 0 Å². The summed E-state index contributed by atoms with van der Waals surface area (Å²) in [5.41, 5.74) is 2.80. The second-order valence-corrected chi connectivity index (χ2v) is 9.54. The third kappa shape index (κ3) is 5.91. The molecular formula is C24H34N4OS. The van der Waals surface area contributed by atoms with Gasteiger partial charge in [0.1, 0.15) is 0 Å². The minimum atomic E-state index is 0.305. The zero-order chi connectivity index (χ0) is 20.8. The first kappa shape index (κ1) is 21.5. The van der Waals surface area contributed by atoms with Crippen molar-refractivity contribution in [2.24, 2.45) is 0 Å². The van der Waals surface area contributed by atoms with Crippen molar-refractivity contribution in [3.8, 4) is 0 Å². The van der Waals surface area contributed by atoms with Gasteiger partial charge in [-0.2, -0.15) is 0 Å². The fourth-order valence-corrected chi connectivity index (χ4v) is 5.27. The molecule has 1 aromatic heterocycles. The summed E-state index contributed by atoms with van der Waals surface area (Å²) in [6.45, 7) is 12.7. The average Bonchev–Trinajstić information content (AvgIpc) is 3.19. The van der Waals surface area contributed by atoms with E-state index >= 15 is 0 Å². The van der Waals surface area contributed by atoms with Gasteiger partial charge < -0.3 is 9.80 Å². The van der Waals surface area contributed by atoms with Crippen molar-refractivity contribution in [3.63, 3.8) is 0 Å². The highest BCUT2D eigenvalue weighted by atomic mass is 32.1. The molecule has 0 atom stereocenters. The lowest BCUT2D eigenvalue weighted by Crippen LogP contribution is -2.53. The van der Waals surface area contributed by atoms with Gasteiger partial charge in [-0.3, -0.25) is 14.6 Å². The SMILES string of the molecule is Cc1ccsc1CN1CCN(C(=O)CN2CCN(CCc3ccccc3)CC2)CC1. The number of piperazine rings is 2. The Hall–Kier alpha value is -1.73. The Labute approximate surface area is 184 Å². The van der Waals surface area contributed by atoms with E-state index in [0.717, 1.165) is 71.9 Å². The quantitative estimate of drug-likeness (QED) is 0.681. The standard InChI is InChI=1S/C24H34N4OS/c1-21-8-18-30-23(21)19-26-14-16-28(17-15-26)24(29)20-27-12-10-25(11-13-27)9-7-22-5-3-2-4-6-22/h2-6,8,18H,7,9-17,19-20H2,1H3. The van der Waals surface area contributed by atoms with E-state index in [2.05, 4.69) is 68.3 Å². The summed E-state index contributed by atoms with van der Waals surface area (Å²) in [5.74, 6) is 0.305. The van der Waals surface area contributed by atoms with Crippen LogP contribution in [-0.2, 0) is 17.8 Å². The number of amides is 1. The summed E-state index contributed by atoms with van der Waals surface area (Å²) in [5, 5.41) is 2.17. The first-order valence-electron chi connectivity index (χ1n) is 11.2. The molecule has 0 aliphatic carbocycles. The molecular weight excluding hydrogens is 392 g/mol. The Morgan fingerprint density at radius 2 is 1.53 bits per heavy atom. The second kappa shape index (κ2) is 10.5. The smallest absolute Gasteiger partial charge is 0.236 e. The highest BCUT2D eigenvalue weighted by Crippen LogP contribution is 2.18. The van der Waals surface area contributed by atoms with Crippen molar-refractivity contribution >= 4 is 17.2 Å². The van der Waals surface area contributed by atoms with E-state index in [4.69, 9.17) is 0 Å². The van der Waals surface area contributed by atoms with Gasteiger partial charge in [0.05, 0.1) is 6.54 Å². The molecule has 0 radical (unpaired) electrons. The summed E-state index contributed by atoms with van der Waals surface area (Å²) in [7, 11) is 0. The van der Waals surface area contributed by atoms with Crippen molar-refractivity contribution in [2.75, 3.05) is 65.4 Å². The van der Waals surface area contributed by atoms with Crippen LogP contribution in [0.3, 0.4) is 0 Å². The zero-order valence-electron chi connectivity index (χ0n) is 18.1. The normalized spacial score (nSPS) is 19.3. The molecule has 0 N–H and O–H groups in total. The van der Waals surface area contributed by atoms with Gasteiger partial charge in [-0.25, -0.2) is 0 Å². The maximum absolute atomic E-state index is 12.8. The van der Waals surface area contributed by atoms with E-state index in [-0.39, 0.29) is 0 Å². The van der Waals surface area contributed by atoms with Gasteiger partial charge in [-0.15, -0.1) is 11.3 Å². The summed E-state index contributed by atoms with van der Waals surface area (Å²) in [6.07, 6.45) is 1.11. The molecule has 2 fully saturated rings. The van der Waals surface area contributed by atoms with E-state index in [1.54, 1.807) is 0 Å². The van der Waals surface area contributed by atoms with E-state index in [0.29, 0.717) is 12.5 Å². The van der Waals surface area contributed by atoms with E-state index in [9.17, 15) is 4.79 Å². The topological polar surface area (TPSA) is 30.0 Å². The maximum atomic E-state index is 12.8. The Bertz CT molecular complexity index is 793. The lowest BCUT2D eigenvalue weighted by Gasteiger charge is -2.38. The van der Waals surface area contributed by atoms with E-state index in [1.807, 2.05) is 11.3 Å². The minimum Gasteiger partial charge on any atom is -0.339 e. The largest absolute Gasteiger partial charge is 0.339 e. The number of rotatable bonds is 7. The van der Waals surface area contributed by atoms with Crippen LogP contribution < -0.4 is 0 Å². The predicted octanol–water partition coefficient (Wildman–Crippen LogP) is 2.56. The average molecular weight is 427 g/mol. The number of carbonyl (C=O) groups excluding carboxylic acids is 1. The number of nitrogens with zero attached hydrogens (tertiary/aromatic N) is 4. The van der Waals surface area contributed by atoms with Gasteiger partial charge in [0.25, 0.3) is 0 Å². The zero-order valence-corrected chi connectivity index (χ0v) is 18.9. The Kier molecular flexibility index (Phi) is 7.55. The Balaban J connectivity index is 1.14. The number of hydrogen-bond donors (Lipinski definition) is 0. The van der Waals surface area contributed by atoms with Crippen molar-refractivity contribution in [1.29, 1.82) is 0 Å². The van der Waals surface area contributed by atoms with Gasteiger partial charge in [0.2, 0.25) is 5.91 Å². The van der Waals surface area contributed by atoms with E-state index in [1.165, 1.54) is 16.0 Å². The molecule has 5 nitrogen and oxygen atoms in total. The van der Waals surface area contributed by atoms with E-state index < -0.39 is 0 Å². The molecule has 1 aromatic carbocycles. The third-order valence-corrected chi connectivity index (χ3v) is 7.45. The summed E-state index contributed by atoms with van der Waals surface area (Å²) >= 11 is 1.84. The maximum Gasteiger partial charge on any atom is 0.236 e. The molecule has 0 saturated carbocycles. The molecule has 30 heavy (non-hydrogen) atoms. The summed E-state index contributed by atoms with van der Waals surface area (Å²) in [4.78, 5) is 23.7. The van der Waals surface area contributed by atoms with Crippen molar-refractivity contribution < 1.29 is 4.79 Å². The Morgan fingerprint density at radius 3 is 2.20 bits per heavy atom. The molecule has 2 saturated heterocycles. The van der Waals surface area contributed by atoms with Crippen LogP contribution >= 0.6 is 11.3 Å². The monoisotopic (exact) mass is 426 g/mol. The van der Waals surface area contributed by atoms with Crippen LogP contribution in [0.2, 0.25) is 0 Å². The van der Waals surface area contributed by atoms with Crippen molar-refractivity contribution in [1.82, 2.24) is 19.6 Å². The molecule has 6 heteroatoms. The molecule has 1 amide bonds. The van der Waals surface area contributed by atoms with Gasteiger partial charge in [-0.05, 0) is 35.9 Å². The Morgan fingerprint density at radius 1 is 0.867 bits per heavy atom. The molecule has 3 heterocycles. The van der Waals surface area contributed by atoms with Crippen LogP contribution in [0.1, 0.15) is 16.0 Å². The summed E-state index contributed by atoms with van der Waals surface area (Å²) in [6, 6.07) is 12.9. The molecule has 2 aliphatic rings. The molecule has 0 spiro atoms. The van der Waals surface area contributed by atoms with Crippen LogP contribution in [0.15, 0.2) is 41.8 Å². The fraction of sp³-hybridized carbons (Fsp3) is 0.542. The number of carbonyl (C=O) groups is 1. The summed E-state index contributed by atoms with van der Waals surface area (Å²) < 4.78 is 0. The predicted molar refractivity (Wildman–Crippen MR) is 124 cm³/mol. The number of hydrogen-bond acceptors (Lipinski definition) is 5. The minimum absolute atomic E-state index is 0.305. The van der Waals surface area contributed by atoms with Gasteiger partial charge >= 0.3 is 0 Å². The number of benzene rings is 1. The van der Waals surface area contributed by atoms with Gasteiger partial charge in [-0.1, -0.05) is 30.3 Å². The van der Waals surface area contributed by atoms with Crippen molar-refractivity contribution in [3.05, 3.63) is 57.8 Å². The first-order valence-corrected chi connectivity index (χ1v) is 12.1. The second-order valence-electron chi connectivity index (χ2n) is 8.54. The lowest BCUT2D eigenvalue weighted by molar-refractivity contribution is -0.134. The molecule has 0 unspecified atom stereocenters. The third-order valence-electron chi connectivity index (χ3n) is 6.44. The van der Waals surface area contributed by atoms with Gasteiger partial charge in [0, 0.05) is 70.3 Å². The number of thiophene rings is 1. The van der Waals surface area contributed by atoms with Crippen molar-refractivity contribution in [2.45, 2.75) is 19.9 Å². The van der Waals surface area contributed by atoms with Crippen LogP contribution in [0, 0.1) is 6.92 Å².